The van der Waals surface area contributed by atoms with Gasteiger partial charge in [-0.05, 0) is 56.5 Å². The van der Waals surface area contributed by atoms with Gasteiger partial charge < -0.3 is 25.4 Å². The molecule has 0 saturated heterocycles. The molecular formula is C27H35N3O5. The quantitative estimate of drug-likeness (QED) is 0.453. The largest absolute Gasteiger partial charge is 0.481 e. The van der Waals surface area contributed by atoms with Crippen molar-refractivity contribution in [3.63, 3.8) is 0 Å². The van der Waals surface area contributed by atoms with E-state index in [9.17, 15) is 14.4 Å². The van der Waals surface area contributed by atoms with E-state index in [0.29, 0.717) is 12.6 Å². The Bertz CT molecular complexity index is 1010. The number of fused-ring (bicyclic) bond motifs is 3. The van der Waals surface area contributed by atoms with Gasteiger partial charge in [0.25, 0.3) is 0 Å². The number of amides is 2. The van der Waals surface area contributed by atoms with Crippen LogP contribution in [0.3, 0.4) is 0 Å². The number of carbonyl (C=O) groups excluding carboxylic acids is 2. The topological polar surface area (TPSA) is 108 Å². The van der Waals surface area contributed by atoms with Gasteiger partial charge >= 0.3 is 12.1 Å². The first-order chi connectivity index (χ1) is 16.7. The lowest BCUT2D eigenvalue weighted by Crippen LogP contribution is -2.51. The predicted molar refractivity (Wildman–Crippen MR) is 134 cm³/mol. The zero-order chi connectivity index (χ0) is 25.5. The first kappa shape index (κ1) is 26.2. The molecule has 8 nitrogen and oxygen atoms in total. The second-order valence-electron chi connectivity index (χ2n) is 9.40. The molecule has 2 atom stereocenters. The van der Waals surface area contributed by atoms with Crippen LogP contribution < -0.4 is 10.6 Å². The number of alkyl carbamates (subject to hydrolysis) is 1. The third kappa shape index (κ3) is 6.82. The number of ether oxygens (including phenoxy) is 1. The zero-order valence-corrected chi connectivity index (χ0v) is 20.8. The summed E-state index contributed by atoms with van der Waals surface area (Å²) >= 11 is 0. The van der Waals surface area contributed by atoms with Crippen LogP contribution in [0.5, 0.6) is 0 Å². The van der Waals surface area contributed by atoms with Crippen molar-refractivity contribution in [1.82, 2.24) is 15.5 Å². The van der Waals surface area contributed by atoms with Crippen LogP contribution in [-0.2, 0) is 14.3 Å². The molecule has 0 aliphatic heterocycles. The lowest BCUT2D eigenvalue weighted by Gasteiger charge is -2.27. The first-order valence-corrected chi connectivity index (χ1v) is 12.0. The molecule has 188 valence electrons. The van der Waals surface area contributed by atoms with Crippen molar-refractivity contribution in [2.24, 2.45) is 0 Å². The number of hydrogen-bond acceptors (Lipinski definition) is 5. The molecule has 3 rings (SSSR count). The monoisotopic (exact) mass is 481 g/mol. The van der Waals surface area contributed by atoms with E-state index in [2.05, 4.69) is 41.5 Å². The van der Waals surface area contributed by atoms with Gasteiger partial charge in [0.2, 0.25) is 5.91 Å². The van der Waals surface area contributed by atoms with Crippen molar-refractivity contribution >= 4 is 18.0 Å². The van der Waals surface area contributed by atoms with Crippen LogP contribution in [0, 0.1) is 0 Å². The van der Waals surface area contributed by atoms with Crippen molar-refractivity contribution < 1.29 is 24.2 Å². The number of likely N-dealkylation sites (N-methyl/N-ethyl adjacent to an activating group) is 1. The van der Waals surface area contributed by atoms with Crippen LogP contribution in [0.4, 0.5) is 4.79 Å². The van der Waals surface area contributed by atoms with Crippen molar-refractivity contribution in [2.45, 2.75) is 57.7 Å². The molecule has 0 fully saturated rings. The maximum Gasteiger partial charge on any atom is 0.407 e. The summed E-state index contributed by atoms with van der Waals surface area (Å²) < 4.78 is 5.54. The molecule has 0 aromatic heterocycles. The molecule has 35 heavy (non-hydrogen) atoms. The molecule has 1 aliphatic carbocycles. The predicted octanol–water partition coefficient (Wildman–Crippen LogP) is 3.60. The third-order valence-electron chi connectivity index (χ3n) is 6.43. The van der Waals surface area contributed by atoms with Crippen LogP contribution in [-0.4, -0.2) is 66.3 Å². The number of nitrogens with zero attached hydrogens (tertiary/aromatic N) is 1. The van der Waals surface area contributed by atoms with Gasteiger partial charge in [0.05, 0.1) is 0 Å². The maximum absolute atomic E-state index is 12.8. The summed E-state index contributed by atoms with van der Waals surface area (Å²) in [5, 5.41) is 14.5. The van der Waals surface area contributed by atoms with Crippen molar-refractivity contribution in [1.29, 1.82) is 0 Å². The van der Waals surface area contributed by atoms with Crippen LogP contribution in [0.25, 0.3) is 11.1 Å². The number of aliphatic carboxylic acids is 1. The molecule has 2 amide bonds. The van der Waals surface area contributed by atoms with Gasteiger partial charge in [-0.2, -0.15) is 0 Å². The standard InChI is InChI=1S/C27H35N3O5/c1-17(2)30(4)15-18(3)28-26(33)24(13-14-25(31)32)29-27(34)35-16-23-21-11-7-5-9-19(21)20-10-6-8-12-22(20)23/h5-12,17-18,23-24H,13-16H2,1-4H3,(H,28,33)(H,29,34)(H,31,32)/t18-,24?/m1/s1. The second-order valence-corrected chi connectivity index (χ2v) is 9.40. The minimum absolute atomic E-state index is 0.0297. The van der Waals surface area contributed by atoms with Crippen LogP contribution in [0.1, 0.15) is 50.7 Å². The molecule has 1 unspecified atom stereocenters. The Balaban J connectivity index is 1.63. The van der Waals surface area contributed by atoms with Gasteiger partial charge in [-0.1, -0.05) is 48.5 Å². The summed E-state index contributed by atoms with van der Waals surface area (Å²) in [6.07, 6.45) is -1.02. The summed E-state index contributed by atoms with van der Waals surface area (Å²) in [4.78, 5) is 38.7. The molecule has 0 heterocycles. The lowest BCUT2D eigenvalue weighted by atomic mass is 9.98. The highest BCUT2D eigenvalue weighted by atomic mass is 16.5. The number of nitrogens with one attached hydrogen (secondary N) is 2. The fourth-order valence-corrected chi connectivity index (χ4v) is 4.35. The van der Waals surface area contributed by atoms with Gasteiger partial charge in [-0.25, -0.2) is 4.79 Å². The highest BCUT2D eigenvalue weighted by Gasteiger charge is 2.30. The van der Waals surface area contributed by atoms with Gasteiger partial charge in [0.15, 0.2) is 0 Å². The summed E-state index contributed by atoms with van der Waals surface area (Å²) in [7, 11) is 1.96. The van der Waals surface area contributed by atoms with Crippen molar-refractivity contribution in [3.8, 4) is 11.1 Å². The molecular weight excluding hydrogens is 446 g/mol. The van der Waals surface area contributed by atoms with Gasteiger partial charge in [0, 0.05) is 31.0 Å². The Morgan fingerprint density at radius 3 is 2.09 bits per heavy atom. The Kier molecular flexibility index (Phi) is 8.87. The van der Waals surface area contributed by atoms with E-state index in [4.69, 9.17) is 9.84 Å². The summed E-state index contributed by atoms with van der Waals surface area (Å²) in [5.74, 6) is -1.57. The van der Waals surface area contributed by atoms with E-state index in [0.717, 1.165) is 22.3 Å². The number of carboxylic acids is 1. The minimum Gasteiger partial charge on any atom is -0.481 e. The average molecular weight is 482 g/mol. The first-order valence-electron chi connectivity index (χ1n) is 12.0. The number of hydrogen-bond donors (Lipinski definition) is 3. The Morgan fingerprint density at radius 2 is 1.54 bits per heavy atom. The lowest BCUT2D eigenvalue weighted by molar-refractivity contribution is -0.137. The van der Waals surface area contributed by atoms with Crippen molar-refractivity contribution in [2.75, 3.05) is 20.2 Å². The van der Waals surface area contributed by atoms with Crippen LogP contribution in [0.15, 0.2) is 48.5 Å². The molecule has 2 aromatic carbocycles. The molecule has 2 aromatic rings. The third-order valence-corrected chi connectivity index (χ3v) is 6.43. The normalized spacial score (nSPS) is 14.2. The molecule has 3 N–H and O–H groups in total. The van der Waals surface area contributed by atoms with E-state index in [1.165, 1.54) is 0 Å². The van der Waals surface area contributed by atoms with Gasteiger partial charge in [-0.3, -0.25) is 9.59 Å². The Labute approximate surface area is 206 Å². The van der Waals surface area contributed by atoms with Crippen LogP contribution in [0.2, 0.25) is 0 Å². The maximum atomic E-state index is 12.8. The molecule has 0 radical (unpaired) electrons. The number of benzene rings is 2. The van der Waals surface area contributed by atoms with E-state index in [-0.39, 0.29) is 31.4 Å². The minimum atomic E-state index is -1.04. The number of carboxylic acid groups (broad SMARTS) is 1. The highest BCUT2D eigenvalue weighted by molar-refractivity contribution is 5.86. The molecule has 1 aliphatic rings. The fourth-order valence-electron chi connectivity index (χ4n) is 4.35. The van der Waals surface area contributed by atoms with E-state index >= 15 is 0 Å². The smallest absolute Gasteiger partial charge is 0.407 e. The van der Waals surface area contributed by atoms with Gasteiger partial charge in [0.1, 0.15) is 12.6 Å². The average Bonchev–Trinajstić information content (AvgIpc) is 3.13. The Morgan fingerprint density at radius 1 is 0.971 bits per heavy atom. The van der Waals surface area contributed by atoms with Crippen LogP contribution >= 0.6 is 0 Å². The molecule has 8 heteroatoms. The summed E-state index contributed by atoms with van der Waals surface area (Å²) in [5.41, 5.74) is 4.42. The summed E-state index contributed by atoms with van der Waals surface area (Å²) in [6, 6.07) is 15.2. The fraction of sp³-hybridized carbons (Fsp3) is 0.444. The Hall–Kier alpha value is -3.39. The molecule has 0 bridgehead atoms. The second kappa shape index (κ2) is 11.8. The molecule has 0 saturated carbocycles. The van der Waals surface area contributed by atoms with E-state index in [1.807, 2.05) is 50.4 Å². The number of rotatable bonds is 11. The van der Waals surface area contributed by atoms with E-state index in [1.54, 1.807) is 0 Å². The number of carbonyl (C=O) groups is 3. The van der Waals surface area contributed by atoms with Crippen molar-refractivity contribution in [3.05, 3.63) is 59.7 Å². The summed E-state index contributed by atoms with van der Waals surface area (Å²) in [6.45, 7) is 6.73. The van der Waals surface area contributed by atoms with Gasteiger partial charge in [-0.15, -0.1) is 0 Å². The SMILES string of the molecule is CC(C)N(C)C[C@@H](C)NC(=O)C(CCC(=O)O)NC(=O)OCC1c2ccccc2-c2ccccc21. The highest BCUT2D eigenvalue weighted by Crippen LogP contribution is 2.44. The molecule has 0 spiro atoms. The van der Waals surface area contributed by atoms with E-state index < -0.39 is 24.0 Å². The zero-order valence-electron chi connectivity index (χ0n) is 20.8.